The molecule has 0 amide bonds. The molecule has 0 atom stereocenters. The molecule has 0 saturated carbocycles. The van der Waals surface area contributed by atoms with Gasteiger partial charge < -0.3 is 14.1 Å². The average Bonchev–Trinajstić information content (AvgIpc) is 3.24. The van der Waals surface area contributed by atoms with Gasteiger partial charge in [-0.15, -0.1) is 0 Å². The number of aromatic amines is 1. The molecule has 126 valence electrons. The lowest BCUT2D eigenvalue weighted by molar-refractivity contribution is 0.432. The molecule has 0 fully saturated rings. The van der Waals surface area contributed by atoms with Crippen molar-refractivity contribution >= 4 is 10.9 Å². The Labute approximate surface area is 140 Å². The van der Waals surface area contributed by atoms with Crippen molar-refractivity contribution in [2.45, 2.75) is 13.5 Å². The molecule has 0 saturated heterocycles. The van der Waals surface area contributed by atoms with Crippen LogP contribution in [0.25, 0.3) is 33.4 Å². The number of fused-ring (bicyclic) bond motifs is 1. The molecule has 1 N–H and O–H groups in total. The summed E-state index contributed by atoms with van der Waals surface area (Å²) in [4.78, 5) is 15.3. The maximum absolute atomic E-state index is 14.2. The van der Waals surface area contributed by atoms with E-state index in [1.165, 1.54) is 18.3 Å². The quantitative estimate of drug-likeness (QED) is 0.614. The molecule has 0 bridgehead atoms. The lowest BCUT2D eigenvalue weighted by atomic mass is 10.0. The van der Waals surface area contributed by atoms with Crippen LogP contribution in [-0.4, -0.2) is 14.7 Å². The second-order valence-electron chi connectivity index (χ2n) is 5.57. The third-order valence-electron chi connectivity index (χ3n) is 4.21. The molecule has 3 aromatic heterocycles. The van der Waals surface area contributed by atoms with Crippen molar-refractivity contribution in [3.05, 3.63) is 64.8 Å². The van der Waals surface area contributed by atoms with E-state index in [2.05, 4.69) is 10.1 Å². The molecular formula is C18H13F2N3O2. The number of hydrogen-bond donors (Lipinski definition) is 1. The van der Waals surface area contributed by atoms with Crippen molar-refractivity contribution in [3.8, 4) is 22.5 Å². The molecular weight excluding hydrogens is 328 g/mol. The first kappa shape index (κ1) is 15.3. The van der Waals surface area contributed by atoms with Crippen LogP contribution in [0.1, 0.15) is 6.92 Å². The van der Waals surface area contributed by atoms with Crippen molar-refractivity contribution in [3.63, 3.8) is 0 Å². The Morgan fingerprint density at radius 3 is 2.84 bits per heavy atom. The standard InChI is InChI=1S/C18H13F2N3O2/c1-2-23-7-6-11-12(8-21-16(11)18(23)24)17-13(9-22-25-17)10-4-3-5-14(19)15(10)20/h3-9,21H,2H2,1H3. The highest BCUT2D eigenvalue weighted by atomic mass is 19.2. The largest absolute Gasteiger partial charge is 0.356 e. The number of aryl methyl sites for hydroxylation is 1. The van der Waals surface area contributed by atoms with Gasteiger partial charge >= 0.3 is 0 Å². The number of pyridine rings is 1. The molecule has 7 heteroatoms. The Bertz CT molecular complexity index is 1140. The normalized spacial score (nSPS) is 11.3. The highest BCUT2D eigenvalue weighted by Crippen LogP contribution is 2.36. The highest BCUT2D eigenvalue weighted by molar-refractivity contribution is 5.97. The van der Waals surface area contributed by atoms with Gasteiger partial charge in [0.15, 0.2) is 17.4 Å². The molecule has 0 aliphatic carbocycles. The number of aromatic nitrogens is 3. The van der Waals surface area contributed by atoms with Gasteiger partial charge in [0.2, 0.25) is 0 Å². The molecule has 0 spiro atoms. The molecule has 4 rings (SSSR count). The summed E-state index contributed by atoms with van der Waals surface area (Å²) in [5.41, 5.74) is 1.18. The van der Waals surface area contributed by atoms with Crippen LogP contribution < -0.4 is 5.56 Å². The van der Waals surface area contributed by atoms with E-state index >= 15 is 0 Å². The molecule has 4 aromatic rings. The van der Waals surface area contributed by atoms with Gasteiger partial charge in [-0.05, 0) is 19.1 Å². The van der Waals surface area contributed by atoms with Gasteiger partial charge in [0.1, 0.15) is 5.52 Å². The third kappa shape index (κ3) is 2.27. The van der Waals surface area contributed by atoms with Gasteiger partial charge in [-0.3, -0.25) is 4.79 Å². The van der Waals surface area contributed by atoms with Crippen LogP contribution in [0.2, 0.25) is 0 Å². The zero-order valence-electron chi connectivity index (χ0n) is 13.2. The smallest absolute Gasteiger partial charge is 0.274 e. The van der Waals surface area contributed by atoms with E-state index in [1.54, 1.807) is 23.0 Å². The van der Waals surface area contributed by atoms with Crippen molar-refractivity contribution in [1.29, 1.82) is 0 Å². The predicted molar refractivity (Wildman–Crippen MR) is 89.1 cm³/mol. The van der Waals surface area contributed by atoms with E-state index in [-0.39, 0.29) is 16.9 Å². The van der Waals surface area contributed by atoms with E-state index in [9.17, 15) is 13.6 Å². The third-order valence-corrected chi connectivity index (χ3v) is 4.21. The van der Waals surface area contributed by atoms with Crippen LogP contribution in [0.4, 0.5) is 8.78 Å². The van der Waals surface area contributed by atoms with E-state index < -0.39 is 11.6 Å². The van der Waals surface area contributed by atoms with Gasteiger partial charge in [0, 0.05) is 35.5 Å². The first-order chi connectivity index (χ1) is 12.1. The van der Waals surface area contributed by atoms with E-state index in [1.807, 2.05) is 6.92 Å². The SMILES string of the molecule is CCn1ccc2c(-c3oncc3-c3cccc(F)c3F)c[nH]c2c1=O. The lowest BCUT2D eigenvalue weighted by Gasteiger charge is -2.04. The number of halogens is 2. The zero-order chi connectivity index (χ0) is 17.6. The van der Waals surface area contributed by atoms with Crippen molar-refractivity contribution < 1.29 is 13.3 Å². The molecule has 3 heterocycles. The summed E-state index contributed by atoms with van der Waals surface area (Å²) in [6, 6.07) is 5.69. The molecule has 0 unspecified atom stereocenters. The van der Waals surface area contributed by atoms with Gasteiger partial charge in [-0.25, -0.2) is 8.78 Å². The van der Waals surface area contributed by atoms with Crippen molar-refractivity contribution in [2.24, 2.45) is 0 Å². The lowest BCUT2D eigenvalue weighted by Crippen LogP contribution is -2.18. The Balaban J connectivity index is 1.95. The number of benzene rings is 1. The van der Waals surface area contributed by atoms with Gasteiger partial charge in [0.05, 0.1) is 11.8 Å². The highest BCUT2D eigenvalue weighted by Gasteiger charge is 2.21. The molecule has 5 nitrogen and oxygen atoms in total. The fraction of sp³-hybridized carbons (Fsp3) is 0.111. The minimum Gasteiger partial charge on any atom is -0.356 e. The summed E-state index contributed by atoms with van der Waals surface area (Å²) < 4.78 is 34.6. The molecule has 1 aromatic carbocycles. The van der Waals surface area contributed by atoms with Gasteiger partial charge in [-0.2, -0.15) is 0 Å². The second kappa shape index (κ2) is 5.70. The predicted octanol–water partition coefficient (Wildman–Crippen LogP) is 3.95. The van der Waals surface area contributed by atoms with E-state index in [0.29, 0.717) is 28.6 Å². The van der Waals surface area contributed by atoms with Crippen LogP contribution >= 0.6 is 0 Å². The summed E-state index contributed by atoms with van der Waals surface area (Å²) in [7, 11) is 0. The molecule has 0 aliphatic heterocycles. The summed E-state index contributed by atoms with van der Waals surface area (Å²) in [6.45, 7) is 2.42. The Kier molecular flexibility index (Phi) is 3.49. The first-order valence-corrected chi connectivity index (χ1v) is 7.71. The van der Waals surface area contributed by atoms with Crippen LogP contribution in [0.5, 0.6) is 0 Å². The number of rotatable bonds is 3. The van der Waals surface area contributed by atoms with Crippen LogP contribution in [-0.2, 0) is 6.54 Å². The monoisotopic (exact) mass is 341 g/mol. The number of hydrogen-bond acceptors (Lipinski definition) is 3. The molecule has 0 aliphatic rings. The summed E-state index contributed by atoms with van der Waals surface area (Å²) >= 11 is 0. The summed E-state index contributed by atoms with van der Waals surface area (Å²) in [5, 5.41) is 4.36. The second-order valence-corrected chi connectivity index (χ2v) is 5.57. The summed E-state index contributed by atoms with van der Waals surface area (Å²) in [5.74, 6) is -1.65. The van der Waals surface area contributed by atoms with E-state index in [0.717, 1.165) is 6.07 Å². The number of H-pyrrole nitrogens is 1. The Morgan fingerprint density at radius 2 is 2.04 bits per heavy atom. The van der Waals surface area contributed by atoms with Gasteiger partial charge in [0.25, 0.3) is 5.56 Å². The average molecular weight is 341 g/mol. The Hall–Kier alpha value is -3.22. The topological polar surface area (TPSA) is 63.8 Å². The van der Waals surface area contributed by atoms with Crippen LogP contribution in [0.15, 0.2) is 52.2 Å². The van der Waals surface area contributed by atoms with E-state index in [4.69, 9.17) is 4.52 Å². The maximum atomic E-state index is 14.2. The number of nitrogens with zero attached hydrogens (tertiary/aromatic N) is 2. The van der Waals surface area contributed by atoms with Gasteiger partial charge in [-0.1, -0.05) is 17.3 Å². The van der Waals surface area contributed by atoms with Crippen LogP contribution in [0.3, 0.4) is 0 Å². The minimum atomic E-state index is -0.972. The Morgan fingerprint density at radius 1 is 1.20 bits per heavy atom. The first-order valence-electron chi connectivity index (χ1n) is 7.71. The van der Waals surface area contributed by atoms with Crippen LogP contribution in [0, 0.1) is 11.6 Å². The molecule has 25 heavy (non-hydrogen) atoms. The summed E-state index contributed by atoms with van der Waals surface area (Å²) in [6.07, 6.45) is 4.62. The van der Waals surface area contributed by atoms with Crippen molar-refractivity contribution in [1.82, 2.24) is 14.7 Å². The fourth-order valence-corrected chi connectivity index (χ4v) is 2.93. The fourth-order valence-electron chi connectivity index (χ4n) is 2.93. The minimum absolute atomic E-state index is 0.0486. The van der Waals surface area contributed by atoms with Crippen molar-refractivity contribution in [2.75, 3.05) is 0 Å². The number of nitrogens with one attached hydrogen (secondary N) is 1. The molecule has 0 radical (unpaired) electrons. The zero-order valence-corrected chi connectivity index (χ0v) is 13.2. The maximum Gasteiger partial charge on any atom is 0.274 e.